The Labute approximate surface area is 281 Å². The predicted molar refractivity (Wildman–Crippen MR) is 184 cm³/mol. The summed E-state index contributed by atoms with van der Waals surface area (Å²) >= 11 is 0. The zero-order valence-electron chi connectivity index (χ0n) is 24.8. The average Bonchev–Trinajstić information content (AvgIpc) is 3.51. The van der Waals surface area contributed by atoms with Crippen LogP contribution >= 0.6 is 49.6 Å². The van der Waals surface area contributed by atoms with E-state index in [1.54, 1.807) is 10.6 Å². The molecule has 1 aliphatic rings. The van der Waals surface area contributed by atoms with Crippen LogP contribution in [0.4, 0.5) is 5.69 Å². The van der Waals surface area contributed by atoms with Gasteiger partial charge < -0.3 is 15.0 Å². The van der Waals surface area contributed by atoms with Crippen LogP contribution < -0.4 is 10.1 Å². The van der Waals surface area contributed by atoms with Crippen LogP contribution in [0.15, 0.2) is 60.9 Å². The number of imidazole rings is 1. The lowest BCUT2D eigenvalue weighted by atomic mass is 10.1. The number of likely N-dealkylation sites (N-methyl/N-ethyl adjacent to an activating group) is 1. The molecular weight excluding hydrogens is 646 g/mol. The lowest BCUT2D eigenvalue weighted by Crippen LogP contribution is -2.45. The van der Waals surface area contributed by atoms with Crippen molar-refractivity contribution in [2.75, 3.05) is 51.7 Å². The molecule has 1 aromatic carbocycles. The van der Waals surface area contributed by atoms with Crippen molar-refractivity contribution in [1.29, 1.82) is 0 Å². The van der Waals surface area contributed by atoms with E-state index in [1.165, 1.54) is 0 Å². The summed E-state index contributed by atoms with van der Waals surface area (Å²) in [5.41, 5.74) is 5.51. The first-order valence-electron chi connectivity index (χ1n) is 13.7. The summed E-state index contributed by atoms with van der Waals surface area (Å²) in [6.45, 7) is 10.3. The molecular formula is C30H38Cl4N8O2. The molecule has 0 spiro atoms. The zero-order valence-corrected chi connectivity index (χ0v) is 28.1. The molecule has 1 amide bonds. The first-order chi connectivity index (χ1) is 19.4. The van der Waals surface area contributed by atoms with E-state index in [1.807, 2.05) is 73.3 Å². The number of hydrogen-bond donors (Lipinski definition) is 1. The van der Waals surface area contributed by atoms with Gasteiger partial charge in [-0.25, -0.2) is 4.98 Å². The number of aromatic nitrogens is 5. The van der Waals surface area contributed by atoms with Gasteiger partial charge in [0.1, 0.15) is 23.7 Å². The van der Waals surface area contributed by atoms with Gasteiger partial charge in [0.05, 0.1) is 35.3 Å². The first-order valence-corrected chi connectivity index (χ1v) is 13.7. The van der Waals surface area contributed by atoms with Crippen molar-refractivity contribution in [2.45, 2.75) is 20.4 Å². The number of aryl methyl sites for hydroxylation is 2. The van der Waals surface area contributed by atoms with E-state index in [2.05, 4.69) is 32.1 Å². The average molecular weight is 685 g/mol. The predicted octanol–water partition coefficient (Wildman–Crippen LogP) is 5.31. The maximum absolute atomic E-state index is 13.4. The topological polar surface area (TPSA) is 92.8 Å². The largest absolute Gasteiger partial charge is 0.492 e. The van der Waals surface area contributed by atoms with Crippen LogP contribution in [-0.4, -0.2) is 86.2 Å². The minimum Gasteiger partial charge on any atom is -0.492 e. The molecule has 5 heterocycles. The molecule has 1 aliphatic heterocycles. The van der Waals surface area contributed by atoms with Crippen molar-refractivity contribution in [1.82, 2.24) is 33.9 Å². The minimum absolute atomic E-state index is 0. The first kappa shape index (κ1) is 37.1. The smallest absolute Gasteiger partial charge is 0.274 e. The Morgan fingerprint density at radius 1 is 0.977 bits per heavy atom. The van der Waals surface area contributed by atoms with Crippen molar-refractivity contribution in [3.8, 4) is 5.75 Å². The van der Waals surface area contributed by atoms with Gasteiger partial charge in [-0.2, -0.15) is 5.10 Å². The quantitative estimate of drug-likeness (QED) is 0.237. The summed E-state index contributed by atoms with van der Waals surface area (Å²) in [7, 11) is 2.16. The molecule has 44 heavy (non-hydrogen) atoms. The molecule has 0 saturated carbocycles. The number of fused-ring (bicyclic) bond motifs is 2. The van der Waals surface area contributed by atoms with Gasteiger partial charge in [0.2, 0.25) is 0 Å². The second kappa shape index (κ2) is 16.3. The Morgan fingerprint density at radius 2 is 1.73 bits per heavy atom. The van der Waals surface area contributed by atoms with Crippen molar-refractivity contribution in [3.63, 3.8) is 0 Å². The van der Waals surface area contributed by atoms with Crippen LogP contribution in [0.2, 0.25) is 0 Å². The maximum Gasteiger partial charge on any atom is 0.274 e. The molecule has 4 aromatic heterocycles. The normalized spacial score (nSPS) is 13.3. The monoisotopic (exact) mass is 682 g/mol. The number of halogens is 4. The second-order valence-electron chi connectivity index (χ2n) is 10.4. The summed E-state index contributed by atoms with van der Waals surface area (Å²) < 4.78 is 9.71. The van der Waals surface area contributed by atoms with E-state index in [0.29, 0.717) is 30.2 Å². The van der Waals surface area contributed by atoms with Crippen molar-refractivity contribution >= 4 is 77.8 Å². The Balaban J connectivity index is 0.00000169. The number of pyridine rings is 2. The molecule has 6 rings (SSSR count). The number of anilines is 1. The molecule has 0 bridgehead atoms. The Hall–Kier alpha value is -3.12. The number of piperazine rings is 1. The van der Waals surface area contributed by atoms with E-state index < -0.39 is 0 Å². The number of nitrogens with one attached hydrogen (secondary N) is 1. The van der Waals surface area contributed by atoms with Crippen molar-refractivity contribution < 1.29 is 9.53 Å². The van der Waals surface area contributed by atoms with Crippen LogP contribution in [0.25, 0.3) is 16.6 Å². The van der Waals surface area contributed by atoms with Gasteiger partial charge >= 0.3 is 0 Å². The number of hydrogen-bond acceptors (Lipinski definition) is 7. The second-order valence-corrected chi connectivity index (χ2v) is 10.4. The molecule has 1 N–H and O–H groups in total. The van der Waals surface area contributed by atoms with Crippen LogP contribution in [0.1, 0.15) is 27.6 Å². The van der Waals surface area contributed by atoms with Gasteiger partial charge in [-0.05, 0) is 51.2 Å². The van der Waals surface area contributed by atoms with Crippen molar-refractivity contribution in [3.05, 3.63) is 83.7 Å². The van der Waals surface area contributed by atoms with E-state index >= 15 is 0 Å². The summed E-state index contributed by atoms with van der Waals surface area (Å²) in [4.78, 5) is 27.2. The third-order valence-corrected chi connectivity index (χ3v) is 7.45. The number of nitrogens with zero attached hydrogens (tertiary/aromatic N) is 7. The van der Waals surface area contributed by atoms with Gasteiger partial charge in [0.15, 0.2) is 0 Å². The number of rotatable bonds is 8. The fraction of sp³-hybridized carbons (Fsp3) is 0.333. The molecule has 0 atom stereocenters. The molecule has 5 aromatic rings. The Morgan fingerprint density at radius 3 is 2.48 bits per heavy atom. The van der Waals surface area contributed by atoms with E-state index in [9.17, 15) is 4.79 Å². The summed E-state index contributed by atoms with van der Waals surface area (Å²) in [6, 6.07) is 15.6. The van der Waals surface area contributed by atoms with E-state index in [4.69, 9.17) is 9.84 Å². The third kappa shape index (κ3) is 8.12. The van der Waals surface area contributed by atoms with Crippen LogP contribution in [0, 0.1) is 13.8 Å². The highest BCUT2D eigenvalue weighted by Crippen LogP contribution is 2.28. The number of amides is 1. The molecule has 1 saturated heterocycles. The maximum atomic E-state index is 13.4. The van der Waals surface area contributed by atoms with Gasteiger partial charge in [-0.15, -0.1) is 49.6 Å². The van der Waals surface area contributed by atoms with Crippen LogP contribution in [0.5, 0.6) is 5.75 Å². The molecule has 0 aliphatic carbocycles. The van der Waals surface area contributed by atoms with Crippen LogP contribution in [0.3, 0.4) is 0 Å². The van der Waals surface area contributed by atoms with Gasteiger partial charge in [-0.3, -0.25) is 23.8 Å². The van der Waals surface area contributed by atoms with Gasteiger partial charge in [0.25, 0.3) is 5.91 Å². The summed E-state index contributed by atoms with van der Waals surface area (Å²) in [6.07, 6.45) is 3.43. The number of carbonyl (C=O) groups is 1. The lowest BCUT2D eigenvalue weighted by molar-refractivity contribution is 0.102. The standard InChI is InChI=1S/C30H34N8O2.4ClH/c1-21-6-4-7-23(32-21)20-38-26-9-5-8-25(29(26)22(2)34-38)33-30(39)27-19-31-28-18-24(10-11-37(27)28)40-17-16-36-14-12-35(3)13-15-36;;;;/h4-11,18-19H,12-17,20H2,1-3H3,(H,33,39);4*1H. The highest BCUT2D eigenvalue weighted by Gasteiger charge is 2.18. The van der Waals surface area contributed by atoms with Crippen LogP contribution in [-0.2, 0) is 6.54 Å². The number of ether oxygens (including phenoxy) is 1. The highest BCUT2D eigenvalue weighted by atomic mass is 35.5. The Kier molecular flexibility index (Phi) is 13.7. The third-order valence-electron chi connectivity index (χ3n) is 7.45. The zero-order chi connectivity index (χ0) is 27.6. The summed E-state index contributed by atoms with van der Waals surface area (Å²) in [5, 5.41) is 8.75. The lowest BCUT2D eigenvalue weighted by Gasteiger charge is -2.32. The minimum atomic E-state index is -0.240. The Bertz CT molecular complexity index is 1680. The highest BCUT2D eigenvalue weighted by molar-refractivity contribution is 6.08. The van der Waals surface area contributed by atoms with E-state index in [0.717, 1.165) is 66.5 Å². The molecule has 238 valence electrons. The fourth-order valence-electron chi connectivity index (χ4n) is 5.26. The number of carbonyl (C=O) groups excluding carboxylic acids is 1. The SMILES string of the molecule is Cc1cccc(Cn2nc(C)c3c(NC(=O)c4cnc5cc(OCCN6CCN(C)CC6)ccn45)cccc32)n1.Cl.Cl.Cl.Cl. The fourth-order valence-corrected chi connectivity index (χ4v) is 5.26. The van der Waals surface area contributed by atoms with E-state index in [-0.39, 0.29) is 55.5 Å². The van der Waals surface area contributed by atoms with Gasteiger partial charge in [0, 0.05) is 56.1 Å². The molecule has 14 heteroatoms. The van der Waals surface area contributed by atoms with Gasteiger partial charge in [-0.1, -0.05) is 12.1 Å². The molecule has 0 radical (unpaired) electrons. The molecule has 0 unspecified atom stereocenters. The summed E-state index contributed by atoms with van der Waals surface area (Å²) in [5.74, 6) is 0.506. The molecule has 1 fully saturated rings. The van der Waals surface area contributed by atoms with Crippen molar-refractivity contribution in [2.24, 2.45) is 0 Å². The number of benzene rings is 1. The molecule has 10 nitrogen and oxygen atoms in total.